The zero-order valence-electron chi connectivity index (χ0n) is 14.0. The maximum atomic E-state index is 11.6. The maximum Gasteiger partial charge on any atom is 0.243 e. The summed E-state index contributed by atoms with van der Waals surface area (Å²) in [7, 11) is 0. The number of allylic oxidation sites excluding steroid dienone is 1. The molecule has 0 spiro atoms. The number of unbranched alkanes of at least 4 members (excludes halogenated alkanes) is 6. The third kappa shape index (κ3) is 10.2. The number of amides is 1. The van der Waals surface area contributed by atoms with Gasteiger partial charge in [0.2, 0.25) is 5.91 Å². The summed E-state index contributed by atoms with van der Waals surface area (Å²) in [6.07, 6.45) is 14.5. The number of hydrogen-bond donors (Lipinski definition) is 1. The van der Waals surface area contributed by atoms with E-state index in [0.717, 1.165) is 25.8 Å². The van der Waals surface area contributed by atoms with Crippen LogP contribution in [0.5, 0.6) is 0 Å². The van der Waals surface area contributed by atoms with Crippen LogP contribution in [0.1, 0.15) is 63.9 Å². The Bertz CT molecular complexity index is 411. The summed E-state index contributed by atoms with van der Waals surface area (Å²) in [5, 5.41) is 2.95. The van der Waals surface area contributed by atoms with Gasteiger partial charge < -0.3 is 5.32 Å². The van der Waals surface area contributed by atoms with Crippen LogP contribution >= 0.6 is 0 Å². The van der Waals surface area contributed by atoms with Gasteiger partial charge in [0.1, 0.15) is 0 Å². The highest BCUT2D eigenvalue weighted by molar-refractivity contribution is 5.87. The Labute approximate surface area is 136 Å². The van der Waals surface area contributed by atoms with E-state index in [1.165, 1.54) is 44.1 Å². The van der Waals surface area contributed by atoms with E-state index in [9.17, 15) is 4.79 Å². The fraction of sp³-hybridized carbons (Fsp3) is 0.550. The Morgan fingerprint density at radius 2 is 1.73 bits per heavy atom. The van der Waals surface area contributed by atoms with Crippen molar-refractivity contribution in [2.24, 2.45) is 0 Å². The molecule has 2 nitrogen and oxygen atoms in total. The minimum atomic E-state index is 0.0408. The molecule has 22 heavy (non-hydrogen) atoms. The standard InChI is InChI=1S/C20H31NO/c1-2-3-4-5-6-7-8-12-17-20(22)21-18-13-16-19-14-10-9-11-15-19/h9-12,14-15,17H,2-8,13,16,18H2,1H3,(H,21,22). The Hall–Kier alpha value is -1.57. The zero-order chi connectivity index (χ0) is 15.9. The largest absolute Gasteiger partial charge is 0.353 e. The molecule has 0 radical (unpaired) electrons. The van der Waals surface area contributed by atoms with Gasteiger partial charge in [-0.1, -0.05) is 75.4 Å². The second kappa shape index (κ2) is 13.1. The van der Waals surface area contributed by atoms with Crippen LogP contribution < -0.4 is 5.32 Å². The number of carbonyl (C=O) groups excluding carboxylic acids is 1. The zero-order valence-corrected chi connectivity index (χ0v) is 14.0. The summed E-state index contributed by atoms with van der Waals surface area (Å²) in [5.74, 6) is 0.0408. The lowest BCUT2D eigenvalue weighted by Gasteiger charge is -2.02. The molecule has 0 atom stereocenters. The van der Waals surface area contributed by atoms with Crippen molar-refractivity contribution < 1.29 is 4.79 Å². The van der Waals surface area contributed by atoms with Crippen LogP contribution in [0.4, 0.5) is 0 Å². The first-order valence-corrected chi connectivity index (χ1v) is 8.81. The van der Waals surface area contributed by atoms with Crippen molar-refractivity contribution >= 4 is 5.91 Å². The van der Waals surface area contributed by atoms with Crippen LogP contribution in [0.3, 0.4) is 0 Å². The molecule has 1 amide bonds. The third-order valence-corrected chi connectivity index (χ3v) is 3.78. The molecule has 0 bridgehead atoms. The van der Waals surface area contributed by atoms with Crippen LogP contribution in [0.2, 0.25) is 0 Å². The molecule has 122 valence electrons. The van der Waals surface area contributed by atoms with E-state index >= 15 is 0 Å². The highest BCUT2D eigenvalue weighted by Crippen LogP contribution is 2.07. The van der Waals surface area contributed by atoms with Gasteiger partial charge in [-0.3, -0.25) is 4.79 Å². The smallest absolute Gasteiger partial charge is 0.243 e. The first-order chi connectivity index (χ1) is 10.8. The van der Waals surface area contributed by atoms with Crippen molar-refractivity contribution in [2.75, 3.05) is 6.54 Å². The number of carbonyl (C=O) groups is 1. The van der Waals surface area contributed by atoms with Crippen molar-refractivity contribution in [3.63, 3.8) is 0 Å². The lowest BCUT2D eigenvalue weighted by molar-refractivity contribution is -0.116. The molecule has 2 heteroatoms. The Morgan fingerprint density at radius 1 is 1.00 bits per heavy atom. The second-order valence-electron chi connectivity index (χ2n) is 5.84. The number of aryl methyl sites for hydroxylation is 1. The topological polar surface area (TPSA) is 29.1 Å². The van der Waals surface area contributed by atoms with Crippen molar-refractivity contribution in [3.8, 4) is 0 Å². The van der Waals surface area contributed by atoms with Gasteiger partial charge >= 0.3 is 0 Å². The van der Waals surface area contributed by atoms with Crippen molar-refractivity contribution in [1.29, 1.82) is 0 Å². The summed E-state index contributed by atoms with van der Waals surface area (Å²) in [6, 6.07) is 10.4. The number of rotatable bonds is 12. The van der Waals surface area contributed by atoms with Gasteiger partial charge in [-0.15, -0.1) is 0 Å². The first kappa shape index (κ1) is 18.5. The summed E-state index contributed by atoms with van der Waals surface area (Å²) in [5.41, 5.74) is 1.33. The van der Waals surface area contributed by atoms with E-state index in [-0.39, 0.29) is 5.91 Å². The van der Waals surface area contributed by atoms with E-state index in [0.29, 0.717) is 0 Å². The van der Waals surface area contributed by atoms with Gasteiger partial charge in [-0.2, -0.15) is 0 Å². The Kier molecular flexibility index (Phi) is 11.0. The van der Waals surface area contributed by atoms with Gasteiger partial charge in [0.05, 0.1) is 0 Å². The van der Waals surface area contributed by atoms with Crippen LogP contribution in [-0.4, -0.2) is 12.5 Å². The molecule has 1 rings (SSSR count). The van der Waals surface area contributed by atoms with Crippen molar-refractivity contribution in [2.45, 2.75) is 64.7 Å². The predicted molar refractivity (Wildman–Crippen MR) is 94.9 cm³/mol. The minimum Gasteiger partial charge on any atom is -0.353 e. The van der Waals surface area contributed by atoms with Crippen LogP contribution in [0.25, 0.3) is 0 Å². The first-order valence-electron chi connectivity index (χ1n) is 8.81. The molecule has 0 unspecified atom stereocenters. The summed E-state index contributed by atoms with van der Waals surface area (Å²) in [6.45, 7) is 2.98. The molecule has 0 saturated heterocycles. The molecule has 0 aromatic heterocycles. The normalized spacial score (nSPS) is 11.0. The van der Waals surface area contributed by atoms with Crippen molar-refractivity contribution in [3.05, 3.63) is 48.0 Å². The SMILES string of the molecule is CCCCCCCCC=CC(=O)NCCCc1ccccc1. The van der Waals surface area contributed by atoms with Crippen LogP contribution in [0, 0.1) is 0 Å². The van der Waals surface area contributed by atoms with Gasteiger partial charge in [-0.25, -0.2) is 0 Å². The third-order valence-electron chi connectivity index (χ3n) is 3.78. The Balaban J connectivity index is 1.95. The predicted octanol–water partition coefficient (Wildman–Crippen LogP) is 5.04. The summed E-state index contributed by atoms with van der Waals surface area (Å²) < 4.78 is 0. The Morgan fingerprint density at radius 3 is 2.50 bits per heavy atom. The summed E-state index contributed by atoms with van der Waals surface area (Å²) >= 11 is 0. The van der Waals surface area contributed by atoms with Gasteiger partial charge in [0, 0.05) is 6.54 Å². The molecule has 1 N–H and O–H groups in total. The number of benzene rings is 1. The quantitative estimate of drug-likeness (QED) is 0.425. The fourth-order valence-corrected chi connectivity index (χ4v) is 2.44. The average Bonchev–Trinajstić information content (AvgIpc) is 2.55. The average molecular weight is 301 g/mol. The molecule has 0 aliphatic rings. The second-order valence-corrected chi connectivity index (χ2v) is 5.84. The van der Waals surface area contributed by atoms with Gasteiger partial charge in [-0.05, 0) is 37.3 Å². The molecule has 0 aliphatic carbocycles. The van der Waals surface area contributed by atoms with Crippen molar-refractivity contribution in [1.82, 2.24) is 5.32 Å². The molecular formula is C20H31NO. The van der Waals surface area contributed by atoms with E-state index in [4.69, 9.17) is 0 Å². The lowest BCUT2D eigenvalue weighted by Crippen LogP contribution is -2.22. The number of hydrogen-bond acceptors (Lipinski definition) is 1. The molecule has 0 saturated carbocycles. The van der Waals surface area contributed by atoms with Gasteiger partial charge in [0.15, 0.2) is 0 Å². The molecule has 0 aliphatic heterocycles. The van der Waals surface area contributed by atoms with E-state index in [1.54, 1.807) is 6.08 Å². The highest BCUT2D eigenvalue weighted by atomic mass is 16.1. The van der Waals surface area contributed by atoms with Crippen LogP contribution in [-0.2, 0) is 11.2 Å². The van der Waals surface area contributed by atoms with E-state index in [1.807, 2.05) is 12.1 Å². The van der Waals surface area contributed by atoms with Crippen LogP contribution in [0.15, 0.2) is 42.5 Å². The molecule has 0 heterocycles. The molecular weight excluding hydrogens is 270 g/mol. The minimum absolute atomic E-state index is 0.0408. The summed E-state index contributed by atoms with van der Waals surface area (Å²) in [4.78, 5) is 11.6. The van der Waals surface area contributed by atoms with Gasteiger partial charge in [0.25, 0.3) is 0 Å². The maximum absolute atomic E-state index is 11.6. The van der Waals surface area contributed by atoms with E-state index < -0.39 is 0 Å². The monoisotopic (exact) mass is 301 g/mol. The number of nitrogens with one attached hydrogen (secondary N) is 1. The molecule has 0 fully saturated rings. The van der Waals surface area contributed by atoms with E-state index in [2.05, 4.69) is 36.5 Å². The fourth-order valence-electron chi connectivity index (χ4n) is 2.44. The highest BCUT2D eigenvalue weighted by Gasteiger charge is 1.96. The lowest BCUT2D eigenvalue weighted by atomic mass is 10.1. The molecule has 1 aromatic carbocycles. The molecule has 1 aromatic rings.